The average Bonchev–Trinajstić information content (AvgIpc) is 3.42. The van der Waals surface area contributed by atoms with Crippen molar-refractivity contribution in [3.63, 3.8) is 0 Å². The second-order valence-electron chi connectivity index (χ2n) is 7.46. The predicted octanol–water partition coefficient (Wildman–Crippen LogP) is 3.45. The first-order valence-corrected chi connectivity index (χ1v) is 9.53. The van der Waals surface area contributed by atoms with Crippen LogP contribution in [-0.4, -0.2) is 27.7 Å². The van der Waals surface area contributed by atoms with Gasteiger partial charge in [-0.1, -0.05) is 24.3 Å². The van der Waals surface area contributed by atoms with Gasteiger partial charge in [-0.3, -0.25) is 14.0 Å². The molecule has 6 nitrogen and oxygen atoms in total. The number of ether oxygens (including phenoxy) is 2. The number of rotatable bonds is 5. The van der Waals surface area contributed by atoms with Gasteiger partial charge in [0, 0.05) is 12.6 Å². The van der Waals surface area contributed by atoms with Crippen LogP contribution in [0.4, 0.5) is 0 Å². The third-order valence-corrected chi connectivity index (χ3v) is 5.50. The molecule has 2 aromatic heterocycles. The number of hydrogen-bond donors (Lipinski definition) is 0. The fraction of sp³-hybridized carbons (Fsp3) is 0.318. The molecule has 1 aromatic carbocycles. The Morgan fingerprint density at radius 2 is 2.04 bits per heavy atom. The monoisotopic (exact) mass is 376 g/mol. The summed E-state index contributed by atoms with van der Waals surface area (Å²) >= 11 is 0. The van der Waals surface area contributed by atoms with Crippen LogP contribution in [-0.2, 0) is 16.0 Å². The van der Waals surface area contributed by atoms with Gasteiger partial charge in [-0.05, 0) is 43.0 Å². The summed E-state index contributed by atoms with van der Waals surface area (Å²) in [7, 11) is 0. The summed E-state index contributed by atoms with van der Waals surface area (Å²) in [5.41, 5.74) is 3.88. The van der Waals surface area contributed by atoms with Crippen LogP contribution in [0.5, 0.6) is 5.75 Å². The van der Waals surface area contributed by atoms with Gasteiger partial charge in [0.1, 0.15) is 11.8 Å². The van der Waals surface area contributed by atoms with Crippen LogP contribution in [0.15, 0.2) is 42.6 Å². The molecule has 1 fully saturated rings. The van der Waals surface area contributed by atoms with Crippen LogP contribution in [0.2, 0.25) is 0 Å². The molecule has 0 aliphatic heterocycles. The topological polar surface area (TPSA) is 69.9 Å². The summed E-state index contributed by atoms with van der Waals surface area (Å²) < 4.78 is 13.9. The Bertz CT molecular complexity index is 1080. The molecule has 0 amide bonds. The van der Waals surface area contributed by atoms with E-state index in [0.717, 1.165) is 30.3 Å². The third-order valence-electron chi connectivity index (χ3n) is 5.50. The molecule has 0 N–H and O–H groups in total. The second-order valence-corrected chi connectivity index (χ2v) is 7.46. The van der Waals surface area contributed by atoms with Crippen molar-refractivity contribution in [3.8, 4) is 5.75 Å². The van der Waals surface area contributed by atoms with E-state index in [9.17, 15) is 9.59 Å². The maximum atomic E-state index is 12.3. The molecular weight excluding hydrogens is 356 g/mol. The van der Waals surface area contributed by atoms with E-state index in [2.05, 4.69) is 4.98 Å². The maximum absolute atomic E-state index is 12.3. The number of benzene rings is 1. The quantitative estimate of drug-likeness (QED) is 0.504. The van der Waals surface area contributed by atoms with E-state index in [1.165, 1.54) is 0 Å². The van der Waals surface area contributed by atoms with Crippen molar-refractivity contribution in [2.45, 2.75) is 38.4 Å². The Kier molecular flexibility index (Phi) is 3.93. The average molecular weight is 376 g/mol. The van der Waals surface area contributed by atoms with Gasteiger partial charge in [0.2, 0.25) is 0 Å². The van der Waals surface area contributed by atoms with Crippen LogP contribution in [0.1, 0.15) is 46.3 Å². The molecule has 0 unspecified atom stereocenters. The van der Waals surface area contributed by atoms with Crippen molar-refractivity contribution < 1.29 is 19.1 Å². The van der Waals surface area contributed by atoms with Gasteiger partial charge >= 0.3 is 5.97 Å². The van der Waals surface area contributed by atoms with Gasteiger partial charge in [-0.25, -0.2) is 4.98 Å². The minimum atomic E-state index is -0.401. The van der Waals surface area contributed by atoms with Gasteiger partial charge in [0.25, 0.3) is 0 Å². The SMILES string of the molecule is Cc1nc2c(O[C@@H]3c4ccccc4C[C@H]3OC(=O)C3CC3)cccn2c1C=O. The van der Waals surface area contributed by atoms with E-state index in [1.807, 2.05) is 36.4 Å². The number of carbonyl (C=O) groups excluding carboxylic acids is 2. The molecule has 0 saturated heterocycles. The van der Waals surface area contributed by atoms with Crippen molar-refractivity contribution in [2.24, 2.45) is 5.92 Å². The summed E-state index contributed by atoms with van der Waals surface area (Å²) in [6, 6.07) is 11.7. The van der Waals surface area contributed by atoms with Crippen LogP contribution in [0.3, 0.4) is 0 Å². The fourth-order valence-electron chi connectivity index (χ4n) is 3.87. The Balaban J connectivity index is 1.52. The molecule has 142 valence electrons. The standard InChI is InChI=1S/C22H20N2O4/c1-13-17(12-25)24-10-4-7-18(21(24)23-13)27-20-16-6-3-2-5-15(16)11-19(20)28-22(26)14-8-9-14/h2-7,10,12,14,19-20H,8-9,11H2,1H3/t19-,20-/m1/s1. The van der Waals surface area contributed by atoms with E-state index < -0.39 is 6.10 Å². The second kappa shape index (κ2) is 6.48. The third kappa shape index (κ3) is 2.76. The Labute approximate surface area is 162 Å². The first-order valence-electron chi connectivity index (χ1n) is 9.53. The lowest BCUT2D eigenvalue weighted by Gasteiger charge is -2.22. The minimum Gasteiger partial charge on any atom is -0.478 e. The zero-order valence-electron chi connectivity index (χ0n) is 15.5. The van der Waals surface area contributed by atoms with Crippen molar-refractivity contribution in [3.05, 3.63) is 65.1 Å². The van der Waals surface area contributed by atoms with Gasteiger partial charge in [-0.2, -0.15) is 0 Å². The Morgan fingerprint density at radius 3 is 2.82 bits per heavy atom. The minimum absolute atomic E-state index is 0.0397. The number of pyridine rings is 1. The van der Waals surface area contributed by atoms with Crippen molar-refractivity contribution in [1.29, 1.82) is 0 Å². The lowest BCUT2D eigenvalue weighted by Crippen LogP contribution is -2.27. The summed E-state index contributed by atoms with van der Waals surface area (Å²) in [5, 5.41) is 0. The van der Waals surface area contributed by atoms with E-state index in [1.54, 1.807) is 17.5 Å². The highest BCUT2D eigenvalue weighted by molar-refractivity contribution is 5.77. The summed E-state index contributed by atoms with van der Waals surface area (Å²) in [4.78, 5) is 28.2. The van der Waals surface area contributed by atoms with Crippen LogP contribution in [0, 0.1) is 12.8 Å². The smallest absolute Gasteiger partial charge is 0.309 e. The molecule has 2 atom stereocenters. The summed E-state index contributed by atoms with van der Waals surface area (Å²) in [6.45, 7) is 1.80. The van der Waals surface area contributed by atoms with E-state index in [-0.39, 0.29) is 18.0 Å². The maximum Gasteiger partial charge on any atom is 0.309 e. The fourth-order valence-corrected chi connectivity index (χ4v) is 3.87. The molecule has 1 saturated carbocycles. The van der Waals surface area contributed by atoms with Gasteiger partial charge in [0.15, 0.2) is 23.8 Å². The summed E-state index contributed by atoms with van der Waals surface area (Å²) in [5.74, 6) is 0.468. The van der Waals surface area contributed by atoms with Crippen LogP contribution in [0.25, 0.3) is 5.65 Å². The molecule has 2 heterocycles. The highest BCUT2D eigenvalue weighted by atomic mass is 16.6. The molecule has 0 radical (unpaired) electrons. The van der Waals surface area contributed by atoms with Crippen molar-refractivity contribution in [1.82, 2.24) is 9.38 Å². The molecular formula is C22H20N2O4. The number of aromatic nitrogens is 2. The van der Waals surface area contributed by atoms with E-state index >= 15 is 0 Å². The lowest BCUT2D eigenvalue weighted by atomic mass is 10.1. The molecule has 28 heavy (non-hydrogen) atoms. The van der Waals surface area contributed by atoms with Crippen molar-refractivity contribution >= 4 is 17.9 Å². The highest BCUT2D eigenvalue weighted by Gasteiger charge is 2.40. The number of fused-ring (bicyclic) bond motifs is 2. The van der Waals surface area contributed by atoms with Crippen LogP contribution < -0.4 is 4.74 Å². The van der Waals surface area contributed by atoms with E-state index in [4.69, 9.17) is 9.47 Å². The number of imidazole rings is 1. The van der Waals surface area contributed by atoms with Crippen molar-refractivity contribution in [2.75, 3.05) is 0 Å². The molecule has 6 heteroatoms. The molecule has 0 bridgehead atoms. The number of hydrogen-bond acceptors (Lipinski definition) is 5. The molecule has 5 rings (SSSR count). The molecule has 2 aliphatic rings. The van der Waals surface area contributed by atoms with Gasteiger partial charge in [-0.15, -0.1) is 0 Å². The number of nitrogens with zero attached hydrogens (tertiary/aromatic N) is 2. The van der Waals surface area contributed by atoms with Gasteiger partial charge in [0.05, 0.1) is 11.6 Å². The summed E-state index contributed by atoms with van der Waals surface area (Å²) in [6.07, 6.45) is 4.27. The number of esters is 1. The number of aryl methyl sites for hydroxylation is 1. The normalized spacial score (nSPS) is 20.8. The molecule has 2 aliphatic carbocycles. The largest absolute Gasteiger partial charge is 0.478 e. The zero-order chi connectivity index (χ0) is 19.3. The molecule has 0 spiro atoms. The predicted molar refractivity (Wildman–Crippen MR) is 101 cm³/mol. The van der Waals surface area contributed by atoms with E-state index in [0.29, 0.717) is 29.2 Å². The number of carbonyl (C=O) groups is 2. The highest BCUT2D eigenvalue weighted by Crippen LogP contribution is 2.40. The first-order chi connectivity index (χ1) is 13.7. The zero-order valence-corrected chi connectivity index (χ0v) is 15.5. The molecule has 3 aromatic rings. The number of aldehydes is 1. The van der Waals surface area contributed by atoms with Gasteiger partial charge < -0.3 is 9.47 Å². The Hall–Kier alpha value is -3.15. The Morgan fingerprint density at radius 1 is 1.21 bits per heavy atom. The first kappa shape index (κ1) is 17.0. The lowest BCUT2D eigenvalue weighted by molar-refractivity contribution is -0.154. The van der Waals surface area contributed by atoms with Crippen LogP contribution >= 0.6 is 0 Å².